The molecule has 1 heterocycles. The fourth-order valence-corrected chi connectivity index (χ4v) is 4.35. The van der Waals surface area contributed by atoms with Gasteiger partial charge in [0.15, 0.2) is 0 Å². The van der Waals surface area contributed by atoms with Gasteiger partial charge in [-0.15, -0.1) is 0 Å². The van der Waals surface area contributed by atoms with Gasteiger partial charge in [0.2, 0.25) is 0 Å². The second-order valence-electron chi connectivity index (χ2n) is 6.46. The third-order valence-corrected chi connectivity index (χ3v) is 5.80. The summed E-state index contributed by atoms with van der Waals surface area (Å²) < 4.78 is 6.78. The molecule has 2 atom stereocenters. The zero-order chi connectivity index (χ0) is 14.9. The first kappa shape index (κ1) is 15.5. The molecule has 0 aromatic heterocycles. The van der Waals surface area contributed by atoms with E-state index in [1.807, 2.05) is 7.11 Å². The molecule has 3 nitrogen and oxygen atoms in total. The lowest BCUT2D eigenvalue weighted by molar-refractivity contribution is -0.0221. The summed E-state index contributed by atoms with van der Waals surface area (Å²) in [5, 5.41) is 0. The largest absolute Gasteiger partial charge is 0.380 e. The number of hydrogen-bond donors (Lipinski definition) is 1. The Labute approximate surface area is 136 Å². The zero-order valence-corrected chi connectivity index (χ0v) is 14.4. The van der Waals surface area contributed by atoms with E-state index in [9.17, 15) is 0 Å². The van der Waals surface area contributed by atoms with E-state index >= 15 is 0 Å². The average molecular weight is 353 g/mol. The lowest BCUT2D eigenvalue weighted by Gasteiger charge is -2.49. The Morgan fingerprint density at radius 2 is 2.29 bits per heavy atom. The van der Waals surface area contributed by atoms with E-state index in [0.717, 1.165) is 38.9 Å². The summed E-state index contributed by atoms with van der Waals surface area (Å²) in [6, 6.07) is 6.68. The number of aryl methyl sites for hydroxylation is 1. The van der Waals surface area contributed by atoms with E-state index in [2.05, 4.69) is 39.0 Å². The third-order valence-electron chi connectivity index (χ3n) is 5.31. The highest BCUT2D eigenvalue weighted by Gasteiger charge is 2.40. The third kappa shape index (κ3) is 3.04. The Bertz CT molecular complexity index is 508. The van der Waals surface area contributed by atoms with Crippen molar-refractivity contribution in [3.63, 3.8) is 0 Å². The number of rotatable bonds is 3. The maximum absolute atomic E-state index is 6.25. The highest BCUT2D eigenvalue weighted by molar-refractivity contribution is 9.10. The summed E-state index contributed by atoms with van der Waals surface area (Å²) in [4.78, 5) is 2.61. The minimum absolute atomic E-state index is 0.123. The van der Waals surface area contributed by atoms with Crippen molar-refractivity contribution in [2.75, 3.05) is 26.7 Å². The van der Waals surface area contributed by atoms with Gasteiger partial charge in [-0.2, -0.15) is 0 Å². The molecular formula is C17H25BrN2O. The van der Waals surface area contributed by atoms with Gasteiger partial charge in [0, 0.05) is 30.2 Å². The molecule has 21 heavy (non-hydrogen) atoms. The molecular weight excluding hydrogens is 328 g/mol. The molecule has 0 saturated carbocycles. The minimum atomic E-state index is 0.123. The van der Waals surface area contributed by atoms with E-state index in [1.54, 1.807) is 0 Å². The molecule has 0 amide bonds. The molecule has 1 aliphatic heterocycles. The van der Waals surface area contributed by atoms with Crippen LogP contribution >= 0.6 is 15.9 Å². The molecule has 3 rings (SSSR count). The average Bonchev–Trinajstić information content (AvgIpc) is 2.54. The van der Waals surface area contributed by atoms with Gasteiger partial charge in [-0.05, 0) is 61.9 Å². The smallest absolute Gasteiger partial charge is 0.0698 e. The Morgan fingerprint density at radius 1 is 1.43 bits per heavy atom. The molecule has 116 valence electrons. The Hall–Kier alpha value is -0.420. The summed E-state index contributed by atoms with van der Waals surface area (Å²) in [7, 11) is 1.83. The topological polar surface area (TPSA) is 38.5 Å². The van der Waals surface area contributed by atoms with E-state index in [-0.39, 0.29) is 5.54 Å². The zero-order valence-electron chi connectivity index (χ0n) is 12.8. The highest BCUT2D eigenvalue weighted by atomic mass is 79.9. The van der Waals surface area contributed by atoms with E-state index in [1.165, 1.54) is 28.4 Å². The molecule has 0 bridgehead atoms. The summed E-state index contributed by atoms with van der Waals surface area (Å²) in [6.07, 6.45) is 6.12. The van der Waals surface area contributed by atoms with Crippen molar-refractivity contribution < 1.29 is 4.74 Å². The number of nitrogens with zero attached hydrogens (tertiary/aromatic N) is 1. The number of nitrogens with two attached hydrogens (primary N) is 1. The molecule has 1 aromatic carbocycles. The lowest BCUT2D eigenvalue weighted by atomic mass is 9.76. The summed E-state index contributed by atoms with van der Waals surface area (Å²) in [5.41, 5.74) is 9.32. The van der Waals surface area contributed by atoms with Crippen LogP contribution < -0.4 is 5.73 Å². The van der Waals surface area contributed by atoms with Crippen molar-refractivity contribution >= 4 is 15.9 Å². The van der Waals surface area contributed by atoms with Crippen LogP contribution in [0, 0.1) is 0 Å². The van der Waals surface area contributed by atoms with Crippen LogP contribution in [-0.2, 0) is 17.6 Å². The van der Waals surface area contributed by atoms with Crippen LogP contribution in [0.1, 0.15) is 30.4 Å². The first-order chi connectivity index (χ1) is 10.2. The number of ether oxygens (including phenoxy) is 1. The van der Waals surface area contributed by atoms with Gasteiger partial charge in [-0.3, -0.25) is 4.90 Å². The number of halogens is 1. The fourth-order valence-electron chi connectivity index (χ4n) is 3.94. The molecule has 1 aliphatic carbocycles. The normalized spacial score (nSPS) is 30.1. The Morgan fingerprint density at radius 3 is 3.05 bits per heavy atom. The molecule has 4 heteroatoms. The molecule has 1 fully saturated rings. The van der Waals surface area contributed by atoms with E-state index in [4.69, 9.17) is 10.5 Å². The predicted molar refractivity (Wildman–Crippen MR) is 89.6 cm³/mol. The number of hydrogen-bond acceptors (Lipinski definition) is 3. The summed E-state index contributed by atoms with van der Waals surface area (Å²) >= 11 is 3.58. The maximum atomic E-state index is 6.25. The first-order valence-electron chi connectivity index (χ1n) is 7.92. The molecule has 0 spiro atoms. The van der Waals surface area contributed by atoms with Gasteiger partial charge in [0.05, 0.1) is 6.10 Å². The van der Waals surface area contributed by atoms with Crippen LogP contribution in [0.4, 0.5) is 0 Å². The van der Waals surface area contributed by atoms with Crippen LogP contribution in [0.3, 0.4) is 0 Å². The second-order valence-corrected chi connectivity index (χ2v) is 7.38. The van der Waals surface area contributed by atoms with Gasteiger partial charge in [-0.1, -0.05) is 22.0 Å². The number of benzene rings is 1. The van der Waals surface area contributed by atoms with E-state index < -0.39 is 0 Å². The van der Waals surface area contributed by atoms with Gasteiger partial charge < -0.3 is 10.5 Å². The molecule has 1 aromatic rings. The van der Waals surface area contributed by atoms with Gasteiger partial charge >= 0.3 is 0 Å². The fraction of sp³-hybridized carbons (Fsp3) is 0.647. The number of piperidine rings is 1. The standard InChI is InChI=1S/C17H25BrN2O/c1-21-16-3-2-8-20(11-16)17(12-19)7-6-13-9-15(18)5-4-14(13)10-17/h4-5,9,16H,2-3,6-8,10-12,19H2,1H3. The Balaban J connectivity index is 1.83. The van der Waals surface area contributed by atoms with Crippen LogP contribution in [-0.4, -0.2) is 43.3 Å². The molecule has 1 saturated heterocycles. The lowest BCUT2D eigenvalue weighted by Crippen LogP contribution is -2.60. The molecule has 0 radical (unpaired) electrons. The van der Waals surface area contributed by atoms with Crippen LogP contribution in [0.25, 0.3) is 0 Å². The van der Waals surface area contributed by atoms with Crippen molar-refractivity contribution in [2.24, 2.45) is 5.73 Å². The minimum Gasteiger partial charge on any atom is -0.380 e. The van der Waals surface area contributed by atoms with Crippen LogP contribution in [0.2, 0.25) is 0 Å². The molecule has 2 N–H and O–H groups in total. The van der Waals surface area contributed by atoms with Crippen molar-refractivity contribution in [1.29, 1.82) is 0 Å². The first-order valence-corrected chi connectivity index (χ1v) is 8.71. The SMILES string of the molecule is COC1CCCN(C2(CN)CCc3cc(Br)ccc3C2)C1. The highest BCUT2D eigenvalue weighted by Crippen LogP contribution is 2.35. The van der Waals surface area contributed by atoms with Gasteiger partial charge in [0.1, 0.15) is 0 Å². The Kier molecular flexibility index (Phi) is 4.69. The van der Waals surface area contributed by atoms with Gasteiger partial charge in [0.25, 0.3) is 0 Å². The molecule has 2 unspecified atom stereocenters. The number of fused-ring (bicyclic) bond motifs is 1. The number of methoxy groups -OCH3 is 1. The van der Waals surface area contributed by atoms with E-state index in [0.29, 0.717) is 6.10 Å². The molecule has 2 aliphatic rings. The monoisotopic (exact) mass is 352 g/mol. The van der Waals surface area contributed by atoms with Crippen molar-refractivity contribution in [1.82, 2.24) is 4.90 Å². The second kappa shape index (κ2) is 6.37. The summed E-state index contributed by atoms with van der Waals surface area (Å²) in [6.45, 7) is 2.92. The number of likely N-dealkylation sites (tertiary alicyclic amines) is 1. The van der Waals surface area contributed by atoms with Crippen molar-refractivity contribution in [3.05, 3.63) is 33.8 Å². The van der Waals surface area contributed by atoms with Crippen molar-refractivity contribution in [2.45, 2.75) is 43.7 Å². The van der Waals surface area contributed by atoms with Crippen LogP contribution in [0.5, 0.6) is 0 Å². The van der Waals surface area contributed by atoms with Crippen molar-refractivity contribution in [3.8, 4) is 0 Å². The quantitative estimate of drug-likeness (QED) is 0.908. The van der Waals surface area contributed by atoms with Gasteiger partial charge in [-0.25, -0.2) is 0 Å². The van der Waals surface area contributed by atoms with Crippen LogP contribution in [0.15, 0.2) is 22.7 Å². The maximum Gasteiger partial charge on any atom is 0.0698 e. The predicted octanol–water partition coefficient (Wildman–Crippen LogP) is 2.75. The summed E-state index contributed by atoms with van der Waals surface area (Å²) in [5.74, 6) is 0.